The van der Waals surface area contributed by atoms with Crippen LogP contribution in [0.2, 0.25) is 10.0 Å². The molecule has 4 aromatic carbocycles. The van der Waals surface area contributed by atoms with Crippen LogP contribution in [0, 0.1) is 0 Å². The molecule has 0 aliphatic heterocycles. The van der Waals surface area contributed by atoms with Crippen LogP contribution < -0.4 is 10.1 Å². The van der Waals surface area contributed by atoms with Crippen LogP contribution >= 0.6 is 39.1 Å². The van der Waals surface area contributed by atoms with Crippen LogP contribution in [0.25, 0.3) is 10.8 Å². The van der Waals surface area contributed by atoms with Gasteiger partial charge in [0.05, 0.1) is 4.47 Å². The Morgan fingerprint density at radius 2 is 1.70 bits per heavy atom. The maximum absolute atomic E-state index is 13.9. The van der Waals surface area contributed by atoms with Crippen LogP contribution in [-0.4, -0.2) is 35.4 Å². The van der Waals surface area contributed by atoms with Crippen molar-refractivity contribution < 1.29 is 14.3 Å². The minimum Gasteiger partial charge on any atom is -0.483 e. The summed E-state index contributed by atoms with van der Waals surface area (Å²) >= 11 is 16.3. The molecule has 0 heterocycles. The van der Waals surface area contributed by atoms with Crippen LogP contribution in [0.5, 0.6) is 5.75 Å². The minimum absolute atomic E-state index is 0.0494. The molecule has 0 unspecified atom stereocenters. The molecule has 5 nitrogen and oxygen atoms in total. The van der Waals surface area contributed by atoms with Gasteiger partial charge in [-0.1, -0.05) is 96.9 Å². The van der Waals surface area contributed by atoms with E-state index in [4.69, 9.17) is 27.9 Å². The number of benzene rings is 4. The van der Waals surface area contributed by atoms with E-state index in [9.17, 15) is 9.59 Å². The van der Waals surface area contributed by atoms with Gasteiger partial charge in [-0.3, -0.25) is 9.59 Å². The van der Waals surface area contributed by atoms with Gasteiger partial charge in [0.15, 0.2) is 6.61 Å². The van der Waals surface area contributed by atoms with Gasteiger partial charge in [-0.05, 0) is 69.4 Å². The van der Waals surface area contributed by atoms with Gasteiger partial charge in [-0.25, -0.2) is 0 Å². The van der Waals surface area contributed by atoms with Gasteiger partial charge in [-0.2, -0.15) is 0 Å². The fraction of sp³-hybridized carbons (Fsp3) is 0.250. The molecule has 2 atom stereocenters. The first-order valence-corrected chi connectivity index (χ1v) is 14.7. The molecule has 0 saturated carbocycles. The second-order valence-electron chi connectivity index (χ2n) is 9.67. The lowest BCUT2D eigenvalue weighted by molar-refractivity contribution is -0.143. The van der Waals surface area contributed by atoms with Crippen molar-refractivity contribution in [3.05, 3.63) is 111 Å². The Bertz CT molecular complexity index is 1480. The first-order valence-electron chi connectivity index (χ1n) is 13.1. The molecule has 0 aromatic heterocycles. The third-order valence-corrected chi connectivity index (χ3v) is 8.21. The summed E-state index contributed by atoms with van der Waals surface area (Å²) in [4.78, 5) is 29.1. The highest BCUT2D eigenvalue weighted by Gasteiger charge is 2.32. The largest absolute Gasteiger partial charge is 0.483 e. The zero-order chi connectivity index (χ0) is 28.6. The van der Waals surface area contributed by atoms with E-state index in [1.54, 1.807) is 23.1 Å². The molecule has 0 spiro atoms. The van der Waals surface area contributed by atoms with Crippen LogP contribution in [0.15, 0.2) is 89.4 Å². The second kappa shape index (κ2) is 14.0. The third-order valence-electron chi connectivity index (χ3n) is 6.81. The number of hydrogen-bond donors (Lipinski definition) is 1. The van der Waals surface area contributed by atoms with Crippen LogP contribution in [0.3, 0.4) is 0 Å². The highest BCUT2D eigenvalue weighted by Crippen LogP contribution is 2.33. The Morgan fingerprint density at radius 1 is 0.975 bits per heavy atom. The van der Waals surface area contributed by atoms with Gasteiger partial charge in [0.2, 0.25) is 5.91 Å². The number of hydrogen-bond acceptors (Lipinski definition) is 3. The van der Waals surface area contributed by atoms with Crippen molar-refractivity contribution in [3.63, 3.8) is 0 Å². The molecular formula is C32H31BrCl2N2O3. The predicted octanol–water partition coefficient (Wildman–Crippen LogP) is 7.84. The normalized spacial score (nSPS) is 12.5. The molecule has 0 radical (unpaired) electrons. The van der Waals surface area contributed by atoms with Crippen molar-refractivity contribution in [2.45, 2.75) is 45.3 Å². The summed E-state index contributed by atoms with van der Waals surface area (Å²) in [7, 11) is 0. The molecule has 0 aliphatic carbocycles. The highest BCUT2D eigenvalue weighted by molar-refractivity contribution is 9.10. The summed E-state index contributed by atoms with van der Waals surface area (Å²) in [5.41, 5.74) is 1.62. The number of halogens is 3. The Balaban J connectivity index is 1.67. The Kier molecular flexibility index (Phi) is 10.5. The molecule has 0 fully saturated rings. The summed E-state index contributed by atoms with van der Waals surface area (Å²) in [5, 5.41) is 6.01. The molecule has 0 saturated heterocycles. The van der Waals surface area contributed by atoms with Crippen LogP contribution in [0.1, 0.15) is 31.4 Å². The van der Waals surface area contributed by atoms with Crippen molar-refractivity contribution in [2.24, 2.45) is 0 Å². The maximum atomic E-state index is 13.9. The van der Waals surface area contributed by atoms with E-state index in [-0.39, 0.29) is 31.0 Å². The third kappa shape index (κ3) is 7.57. The monoisotopic (exact) mass is 640 g/mol. The molecule has 2 amide bonds. The van der Waals surface area contributed by atoms with Crippen molar-refractivity contribution in [3.8, 4) is 5.75 Å². The summed E-state index contributed by atoms with van der Waals surface area (Å²) in [6.07, 6.45) is 1.10. The number of ether oxygens (including phenoxy) is 1. The number of rotatable bonds is 11. The molecule has 40 heavy (non-hydrogen) atoms. The smallest absolute Gasteiger partial charge is 0.261 e. The van der Waals surface area contributed by atoms with Crippen molar-refractivity contribution in [1.29, 1.82) is 0 Å². The van der Waals surface area contributed by atoms with E-state index in [0.717, 1.165) is 27.2 Å². The van der Waals surface area contributed by atoms with Crippen molar-refractivity contribution in [1.82, 2.24) is 10.2 Å². The number of amides is 2. The molecular weight excluding hydrogens is 611 g/mol. The fourth-order valence-corrected chi connectivity index (χ4v) is 5.45. The Morgan fingerprint density at radius 3 is 2.42 bits per heavy atom. The first-order chi connectivity index (χ1) is 19.3. The number of carbonyl (C=O) groups is 2. The average molecular weight is 642 g/mol. The number of carbonyl (C=O) groups excluding carboxylic acids is 2. The fourth-order valence-electron chi connectivity index (χ4n) is 4.38. The predicted molar refractivity (Wildman–Crippen MR) is 166 cm³/mol. The quantitative estimate of drug-likeness (QED) is 0.181. The van der Waals surface area contributed by atoms with Gasteiger partial charge in [0.25, 0.3) is 5.91 Å². The zero-order valence-electron chi connectivity index (χ0n) is 22.4. The van der Waals surface area contributed by atoms with E-state index >= 15 is 0 Å². The topological polar surface area (TPSA) is 58.6 Å². The molecule has 0 bridgehead atoms. The van der Waals surface area contributed by atoms with Crippen molar-refractivity contribution in [2.75, 3.05) is 6.61 Å². The van der Waals surface area contributed by atoms with Gasteiger partial charge < -0.3 is 15.0 Å². The molecule has 8 heteroatoms. The molecule has 4 rings (SSSR count). The maximum Gasteiger partial charge on any atom is 0.261 e. The lowest BCUT2D eigenvalue weighted by atomic mass is 10.0. The highest BCUT2D eigenvalue weighted by atomic mass is 79.9. The Hall–Kier alpha value is -3.06. The standard InChI is InChI=1S/C32H31BrCl2N2O3/c1-3-21(2)36-32(39)28(17-22-9-5-4-6-10-22)37(19-24-13-15-25(34)18-27(24)35)30(38)20-40-29-16-14-23-11-7-8-12-26(23)31(29)33/h4-16,18,21,28H,3,17,19-20H2,1-2H3,(H,36,39)/t21-,28+/m1/s1. The van der Waals surface area contributed by atoms with Crippen LogP contribution in [-0.2, 0) is 22.6 Å². The van der Waals surface area contributed by atoms with Gasteiger partial charge in [-0.15, -0.1) is 0 Å². The Labute approximate surface area is 253 Å². The lowest BCUT2D eigenvalue weighted by Gasteiger charge is -2.32. The first kappa shape index (κ1) is 29.9. The van der Waals surface area contributed by atoms with Gasteiger partial charge in [0, 0.05) is 29.1 Å². The summed E-state index contributed by atoms with van der Waals surface area (Å²) in [6, 6.07) is 25.6. The molecule has 208 valence electrons. The van der Waals surface area contributed by atoms with Gasteiger partial charge >= 0.3 is 0 Å². The molecule has 0 aliphatic rings. The summed E-state index contributed by atoms with van der Waals surface area (Å²) in [5.74, 6) is -0.0324. The molecule has 4 aromatic rings. The summed E-state index contributed by atoms with van der Waals surface area (Å²) in [6.45, 7) is 3.80. The minimum atomic E-state index is -0.792. The average Bonchev–Trinajstić information content (AvgIpc) is 2.96. The SMILES string of the molecule is CC[C@@H](C)NC(=O)[C@H](Cc1ccccc1)N(Cc1ccc(Cl)cc1Cl)C(=O)COc1ccc2ccccc2c1Br. The van der Waals surface area contributed by atoms with E-state index < -0.39 is 6.04 Å². The second-order valence-corrected chi connectivity index (χ2v) is 11.3. The van der Waals surface area contributed by atoms with Crippen LogP contribution in [0.4, 0.5) is 0 Å². The van der Waals surface area contributed by atoms with Crippen molar-refractivity contribution >= 4 is 61.7 Å². The molecule has 1 N–H and O–H groups in total. The lowest BCUT2D eigenvalue weighted by Crippen LogP contribution is -2.53. The number of nitrogens with one attached hydrogen (secondary N) is 1. The zero-order valence-corrected chi connectivity index (χ0v) is 25.5. The van der Waals surface area contributed by atoms with E-state index in [1.165, 1.54) is 0 Å². The van der Waals surface area contributed by atoms with Gasteiger partial charge in [0.1, 0.15) is 11.8 Å². The summed E-state index contributed by atoms with van der Waals surface area (Å²) < 4.78 is 6.80. The number of fused-ring (bicyclic) bond motifs is 1. The number of nitrogens with zero attached hydrogens (tertiary/aromatic N) is 1. The van der Waals surface area contributed by atoms with E-state index in [1.807, 2.05) is 80.6 Å². The van der Waals surface area contributed by atoms with E-state index in [2.05, 4.69) is 21.2 Å². The van der Waals surface area contributed by atoms with E-state index in [0.29, 0.717) is 27.8 Å².